The van der Waals surface area contributed by atoms with Gasteiger partial charge < -0.3 is 9.47 Å². The molecule has 8 aromatic rings. The lowest BCUT2D eigenvalue weighted by molar-refractivity contribution is -0.0382. The Morgan fingerprint density at radius 2 is 1.67 bits per heavy atom. The molecule has 11 rings (SSSR count). The second kappa shape index (κ2) is 14.1. The first-order valence-corrected chi connectivity index (χ1v) is 21.6. The number of amides is 1. The van der Waals surface area contributed by atoms with E-state index in [2.05, 4.69) is 15.2 Å². The van der Waals surface area contributed by atoms with E-state index >= 15 is 13.6 Å². The number of nitrogens with one attached hydrogen (secondary N) is 1. The second-order valence-corrected chi connectivity index (χ2v) is 17.9. The van der Waals surface area contributed by atoms with E-state index in [1.54, 1.807) is 64.3 Å². The Kier molecular flexibility index (Phi) is 8.83. The van der Waals surface area contributed by atoms with Gasteiger partial charge in [0.15, 0.2) is 11.6 Å². The summed E-state index contributed by atoms with van der Waals surface area (Å²) in [5.74, 6) is -4.14. The van der Waals surface area contributed by atoms with Crippen LogP contribution in [0.15, 0.2) is 70.4 Å². The summed E-state index contributed by atoms with van der Waals surface area (Å²) in [6.45, 7) is 7.51. The zero-order valence-electron chi connectivity index (χ0n) is 35.8. The quantitative estimate of drug-likeness (QED) is 0.158. The lowest BCUT2D eigenvalue weighted by atomic mass is 9.82. The number of alkyl halides is 2. The number of carbonyl (C=O) groups is 1. The molecule has 2 aliphatic carbocycles. The summed E-state index contributed by atoms with van der Waals surface area (Å²) < 4.78 is 71.7. The van der Waals surface area contributed by atoms with Crippen molar-refractivity contribution in [3.63, 3.8) is 0 Å². The Labute approximate surface area is 363 Å². The number of fused-ring (bicyclic) bond motifs is 3. The van der Waals surface area contributed by atoms with Crippen LogP contribution in [0.25, 0.3) is 44.6 Å². The van der Waals surface area contributed by atoms with Gasteiger partial charge in [-0.25, -0.2) is 32.0 Å². The van der Waals surface area contributed by atoms with Gasteiger partial charge in [-0.2, -0.15) is 10.2 Å². The van der Waals surface area contributed by atoms with Gasteiger partial charge in [0.25, 0.3) is 5.91 Å². The van der Waals surface area contributed by atoms with E-state index in [4.69, 9.17) is 14.6 Å². The van der Waals surface area contributed by atoms with Crippen molar-refractivity contribution in [2.45, 2.75) is 96.1 Å². The molecule has 1 atom stereocenters. The monoisotopic (exact) mass is 872 g/mol. The van der Waals surface area contributed by atoms with Gasteiger partial charge in [0, 0.05) is 55.0 Å². The molecule has 0 unspecified atom stereocenters. The summed E-state index contributed by atoms with van der Waals surface area (Å²) in [5, 5.41) is 14.6. The van der Waals surface area contributed by atoms with Gasteiger partial charge in [-0.15, -0.1) is 0 Å². The van der Waals surface area contributed by atoms with Crippen LogP contribution >= 0.6 is 0 Å². The first kappa shape index (κ1) is 40.0. The van der Waals surface area contributed by atoms with Crippen LogP contribution in [-0.2, 0) is 19.0 Å². The molecule has 1 N–H and O–H groups in total. The van der Waals surface area contributed by atoms with E-state index in [9.17, 15) is 13.6 Å². The predicted octanol–water partition coefficient (Wildman–Crippen LogP) is 9.04. The van der Waals surface area contributed by atoms with Gasteiger partial charge in [0.05, 0.1) is 45.9 Å². The van der Waals surface area contributed by atoms with E-state index in [0.717, 1.165) is 27.7 Å². The van der Waals surface area contributed by atoms with Gasteiger partial charge >= 0.3 is 5.76 Å². The summed E-state index contributed by atoms with van der Waals surface area (Å²) in [6.07, 6.45) is 5.00. The fourth-order valence-corrected chi connectivity index (χ4v) is 10.4. The van der Waals surface area contributed by atoms with Gasteiger partial charge in [0.2, 0.25) is 5.92 Å². The average Bonchev–Trinajstić information content (AvgIpc) is 3.73. The molecular formula is C47H44F4N10O3. The summed E-state index contributed by atoms with van der Waals surface area (Å²) >= 11 is 0. The van der Waals surface area contributed by atoms with Crippen LogP contribution in [0, 0.1) is 32.4 Å². The predicted molar refractivity (Wildman–Crippen MR) is 229 cm³/mol. The number of aromatic nitrogens is 9. The van der Waals surface area contributed by atoms with Crippen LogP contribution in [-0.4, -0.2) is 67.1 Å². The van der Waals surface area contributed by atoms with Crippen LogP contribution in [0.2, 0.25) is 0 Å². The van der Waals surface area contributed by atoms with Crippen molar-refractivity contribution in [2.75, 3.05) is 6.54 Å². The Morgan fingerprint density at radius 1 is 0.938 bits per heavy atom. The normalized spacial score (nSPS) is 18.3. The van der Waals surface area contributed by atoms with Crippen LogP contribution in [0.5, 0.6) is 0 Å². The molecule has 0 spiro atoms. The lowest BCUT2D eigenvalue weighted by Gasteiger charge is -2.34. The molecule has 1 aliphatic heterocycles. The van der Waals surface area contributed by atoms with E-state index < -0.39 is 29.1 Å². The first-order valence-electron chi connectivity index (χ1n) is 21.6. The number of aryl methyl sites for hydroxylation is 3. The molecule has 0 saturated heterocycles. The number of halogens is 4. The highest BCUT2D eigenvalue weighted by atomic mass is 19.3. The van der Waals surface area contributed by atoms with E-state index in [1.807, 2.05) is 48.7 Å². The molecule has 13 nitrogen and oxygen atoms in total. The van der Waals surface area contributed by atoms with Crippen LogP contribution in [0.4, 0.5) is 17.6 Å². The highest BCUT2D eigenvalue weighted by Crippen LogP contribution is 2.52. The number of imidazole rings is 1. The lowest BCUT2D eigenvalue weighted by Crippen LogP contribution is -2.40. The number of nitrogens with zero attached hydrogens (tertiary/aromatic N) is 9. The molecule has 0 radical (unpaired) electrons. The Balaban J connectivity index is 1.04. The van der Waals surface area contributed by atoms with E-state index in [1.165, 1.54) is 6.20 Å². The summed E-state index contributed by atoms with van der Waals surface area (Å²) in [6, 6.07) is 14.1. The van der Waals surface area contributed by atoms with Crippen molar-refractivity contribution >= 4 is 27.7 Å². The molecule has 2 fully saturated rings. The van der Waals surface area contributed by atoms with Gasteiger partial charge in [-0.3, -0.25) is 23.6 Å². The molecule has 328 valence electrons. The Morgan fingerprint density at radius 3 is 2.38 bits per heavy atom. The number of hydrogen-bond donors (Lipinski definition) is 1. The minimum Gasteiger partial charge on any atom is -0.330 e. The molecule has 0 bridgehead atoms. The third kappa shape index (κ3) is 6.02. The maximum Gasteiger partial charge on any atom is 0.438 e. The van der Waals surface area contributed by atoms with Crippen molar-refractivity contribution in [1.29, 1.82) is 0 Å². The molecule has 2 saturated carbocycles. The van der Waals surface area contributed by atoms with Crippen molar-refractivity contribution in [3.05, 3.63) is 128 Å². The number of H-pyrrole nitrogens is 1. The Hall–Kier alpha value is -6.78. The third-order valence-electron chi connectivity index (χ3n) is 14.0. The zero-order valence-corrected chi connectivity index (χ0v) is 35.8. The van der Waals surface area contributed by atoms with Crippen molar-refractivity contribution < 1.29 is 26.9 Å². The number of hydrogen-bond acceptors (Lipinski definition) is 7. The minimum absolute atomic E-state index is 0.0424. The first-order chi connectivity index (χ1) is 30.6. The highest BCUT2D eigenvalue weighted by molar-refractivity contribution is 6.00. The van der Waals surface area contributed by atoms with E-state index in [-0.39, 0.29) is 36.2 Å². The fraction of sp³-hybridized carbons (Fsp3) is 0.362. The minimum atomic E-state index is -2.67. The number of carbonyl (C=O) groups excluding carboxylic acids is 1. The maximum atomic E-state index is 16.2. The van der Waals surface area contributed by atoms with Crippen LogP contribution in [0.3, 0.4) is 0 Å². The third-order valence-corrected chi connectivity index (χ3v) is 14.0. The standard InChI is InChI=1S/C47H44F4N10O3/c1-24-18-31(19-25(2)39(24)48)61-42(41-27(4)59(23-52-41)36-9-8-35-32(40(36)49)22-53-57(35)5)38-26(3)58(17-12-33(38)55-61)43(62)37-21-30-20-29(28-10-13-47(50,51)14-11-28)6-7-34(30)60(37)46(15-16-46)44-54-45(63)64-56-44/h6-9,18-23,26,28H,10-17H2,1-5H3,(H,54,56,63)/t26-/m0/s1. The van der Waals surface area contributed by atoms with E-state index in [0.29, 0.717) is 95.0 Å². The molecule has 1 amide bonds. The largest absolute Gasteiger partial charge is 0.438 e. The smallest absolute Gasteiger partial charge is 0.330 e. The van der Waals surface area contributed by atoms with Crippen molar-refractivity contribution in [3.8, 4) is 22.8 Å². The molecule has 64 heavy (non-hydrogen) atoms. The summed E-state index contributed by atoms with van der Waals surface area (Å²) in [4.78, 5) is 37.1. The maximum absolute atomic E-state index is 16.2. The van der Waals surface area contributed by atoms with Gasteiger partial charge in [-0.05, 0) is 118 Å². The molecule has 3 aliphatic rings. The molecule has 6 heterocycles. The number of rotatable bonds is 7. The zero-order chi connectivity index (χ0) is 44.6. The topological polar surface area (TPSA) is 138 Å². The molecule has 5 aromatic heterocycles. The van der Waals surface area contributed by atoms with Crippen LogP contribution in [0.1, 0.15) is 107 Å². The average molecular weight is 873 g/mol. The van der Waals surface area contributed by atoms with Crippen molar-refractivity contribution in [1.82, 2.24) is 48.7 Å². The number of benzene rings is 3. The van der Waals surface area contributed by atoms with Gasteiger partial charge in [-0.1, -0.05) is 11.2 Å². The molecule has 3 aromatic carbocycles. The highest BCUT2D eigenvalue weighted by Gasteiger charge is 2.52. The summed E-state index contributed by atoms with van der Waals surface area (Å²) in [5.41, 5.74) is 6.82. The SMILES string of the molecule is Cc1cc(-n2nc3c(c2-c2ncn(-c4ccc5c(cnn5C)c4F)c2C)[C@H](C)N(C(=O)c2cc4cc(C5CCC(F)(F)CC5)ccc4n2C2(c4noc(=O)[nH]4)CC2)CC3)cc(C)c1F. The Bertz CT molecular complexity index is 3260. The summed E-state index contributed by atoms with van der Waals surface area (Å²) in [7, 11) is 1.75. The fourth-order valence-electron chi connectivity index (χ4n) is 10.4. The number of aromatic amines is 1. The second-order valence-electron chi connectivity index (χ2n) is 17.9. The molecular weight excluding hydrogens is 829 g/mol. The van der Waals surface area contributed by atoms with Gasteiger partial charge in [0.1, 0.15) is 29.1 Å². The van der Waals surface area contributed by atoms with Crippen molar-refractivity contribution in [2.24, 2.45) is 7.05 Å². The van der Waals surface area contributed by atoms with Crippen LogP contribution < -0.4 is 5.76 Å². The molecule has 17 heteroatoms.